The van der Waals surface area contributed by atoms with Crippen LogP contribution < -0.4 is 5.32 Å². The summed E-state index contributed by atoms with van der Waals surface area (Å²) in [5.41, 5.74) is 0. The Bertz CT molecular complexity index is 330. The molecule has 3 fully saturated rings. The van der Waals surface area contributed by atoms with Crippen molar-refractivity contribution in [1.82, 2.24) is 10.2 Å². The van der Waals surface area contributed by atoms with Crippen LogP contribution in [0.3, 0.4) is 0 Å². The Morgan fingerprint density at radius 2 is 1.90 bits per heavy atom. The fourth-order valence-electron chi connectivity index (χ4n) is 3.28. The average molecular weight is 393 g/mol. The minimum atomic E-state index is -0.175. The first kappa shape index (κ1) is 16.3. The fraction of sp³-hybridized carbons (Fsp3) is 0.933. The smallest absolute Gasteiger partial charge is 0.194 e. The standard InChI is InChI=1S/C15H27N3O.HI/c1-2-16-15(18-8-7-13(19)10-18)17-9-14(11-3-4-11)12-5-6-12;/h11-14,19H,2-10H2,1H3,(H,16,17);1H/t13-;/m1./s1. The second-order valence-electron chi connectivity index (χ2n) is 6.42. The largest absolute Gasteiger partial charge is 0.391 e. The number of nitrogens with zero attached hydrogens (tertiary/aromatic N) is 2. The molecule has 2 saturated carbocycles. The molecule has 5 heteroatoms. The Morgan fingerprint density at radius 3 is 2.35 bits per heavy atom. The van der Waals surface area contributed by atoms with E-state index in [1.54, 1.807) is 0 Å². The lowest BCUT2D eigenvalue weighted by Gasteiger charge is -2.22. The maximum atomic E-state index is 9.67. The molecule has 20 heavy (non-hydrogen) atoms. The summed E-state index contributed by atoms with van der Waals surface area (Å²) in [6, 6.07) is 0. The molecular weight excluding hydrogens is 365 g/mol. The molecule has 0 bridgehead atoms. The minimum Gasteiger partial charge on any atom is -0.391 e. The predicted molar refractivity (Wildman–Crippen MR) is 92.5 cm³/mol. The summed E-state index contributed by atoms with van der Waals surface area (Å²) in [5, 5.41) is 13.1. The number of rotatable bonds is 5. The molecular formula is C15H28IN3O. The number of hydrogen-bond acceptors (Lipinski definition) is 2. The Kier molecular flexibility index (Phi) is 5.95. The zero-order valence-corrected chi connectivity index (χ0v) is 14.8. The van der Waals surface area contributed by atoms with Crippen LogP contribution in [0.2, 0.25) is 0 Å². The summed E-state index contributed by atoms with van der Waals surface area (Å²) in [7, 11) is 0. The second kappa shape index (κ2) is 7.29. The zero-order chi connectivity index (χ0) is 13.2. The molecule has 0 aromatic carbocycles. The lowest BCUT2D eigenvalue weighted by molar-refractivity contribution is 0.187. The Morgan fingerprint density at radius 1 is 1.25 bits per heavy atom. The second-order valence-corrected chi connectivity index (χ2v) is 6.42. The fourth-order valence-corrected chi connectivity index (χ4v) is 3.28. The summed E-state index contributed by atoms with van der Waals surface area (Å²) < 4.78 is 0. The maximum absolute atomic E-state index is 9.67. The van der Waals surface area contributed by atoms with Gasteiger partial charge in [0.25, 0.3) is 0 Å². The van der Waals surface area contributed by atoms with E-state index >= 15 is 0 Å². The van der Waals surface area contributed by atoms with Gasteiger partial charge in [0.05, 0.1) is 6.10 Å². The van der Waals surface area contributed by atoms with Gasteiger partial charge >= 0.3 is 0 Å². The van der Waals surface area contributed by atoms with Gasteiger partial charge in [0.2, 0.25) is 0 Å². The van der Waals surface area contributed by atoms with Gasteiger partial charge in [0.15, 0.2) is 5.96 Å². The molecule has 0 amide bonds. The Balaban J connectivity index is 0.00000147. The molecule has 2 N–H and O–H groups in total. The molecule has 0 aromatic heterocycles. The van der Waals surface area contributed by atoms with Gasteiger partial charge in [0.1, 0.15) is 0 Å². The van der Waals surface area contributed by atoms with Gasteiger partial charge in [-0.05, 0) is 56.8 Å². The van der Waals surface area contributed by atoms with E-state index in [-0.39, 0.29) is 30.1 Å². The molecule has 1 heterocycles. The van der Waals surface area contributed by atoms with Gasteiger partial charge < -0.3 is 15.3 Å². The highest BCUT2D eigenvalue weighted by atomic mass is 127. The third kappa shape index (κ3) is 4.23. The van der Waals surface area contributed by atoms with Crippen molar-refractivity contribution in [3.63, 3.8) is 0 Å². The number of aliphatic imine (C=N–C) groups is 1. The molecule has 0 spiro atoms. The van der Waals surface area contributed by atoms with Gasteiger partial charge in [-0.1, -0.05) is 0 Å². The van der Waals surface area contributed by atoms with Crippen LogP contribution in [0, 0.1) is 17.8 Å². The summed E-state index contributed by atoms with van der Waals surface area (Å²) in [6.45, 7) is 5.68. The molecule has 0 unspecified atom stereocenters. The van der Waals surface area contributed by atoms with Crippen LogP contribution in [0.5, 0.6) is 0 Å². The van der Waals surface area contributed by atoms with Crippen molar-refractivity contribution in [2.45, 2.75) is 45.1 Å². The zero-order valence-electron chi connectivity index (χ0n) is 12.4. The number of aliphatic hydroxyl groups excluding tert-OH is 1. The van der Waals surface area contributed by atoms with Crippen LogP contribution in [0.4, 0.5) is 0 Å². The van der Waals surface area contributed by atoms with Crippen molar-refractivity contribution in [1.29, 1.82) is 0 Å². The van der Waals surface area contributed by atoms with Crippen LogP contribution in [-0.4, -0.2) is 48.2 Å². The maximum Gasteiger partial charge on any atom is 0.194 e. The van der Waals surface area contributed by atoms with E-state index < -0.39 is 0 Å². The molecule has 0 radical (unpaired) electrons. The first-order chi connectivity index (χ1) is 9.28. The molecule has 0 aromatic rings. The van der Waals surface area contributed by atoms with E-state index in [4.69, 9.17) is 4.99 Å². The van der Waals surface area contributed by atoms with Crippen LogP contribution in [0.1, 0.15) is 39.0 Å². The molecule has 1 saturated heterocycles. The van der Waals surface area contributed by atoms with Crippen LogP contribution in [0.15, 0.2) is 4.99 Å². The van der Waals surface area contributed by atoms with Crippen LogP contribution >= 0.6 is 24.0 Å². The molecule has 3 aliphatic rings. The molecule has 4 nitrogen and oxygen atoms in total. The summed E-state index contributed by atoms with van der Waals surface area (Å²) >= 11 is 0. The normalized spacial score (nSPS) is 26.9. The van der Waals surface area contributed by atoms with Gasteiger partial charge in [-0.3, -0.25) is 4.99 Å². The topological polar surface area (TPSA) is 47.9 Å². The molecule has 116 valence electrons. The Hall–Kier alpha value is -0.0400. The summed E-state index contributed by atoms with van der Waals surface area (Å²) in [4.78, 5) is 7.09. The first-order valence-corrected chi connectivity index (χ1v) is 7.99. The third-order valence-corrected chi connectivity index (χ3v) is 4.70. The number of likely N-dealkylation sites (tertiary alicyclic amines) is 1. The van der Waals surface area contributed by atoms with Crippen molar-refractivity contribution in [3.8, 4) is 0 Å². The summed E-state index contributed by atoms with van der Waals surface area (Å²) in [6.07, 6.45) is 6.40. The predicted octanol–water partition coefficient (Wildman–Crippen LogP) is 2.07. The monoisotopic (exact) mass is 393 g/mol. The van der Waals surface area contributed by atoms with Gasteiger partial charge in [0, 0.05) is 26.2 Å². The highest BCUT2D eigenvalue weighted by Gasteiger charge is 2.41. The molecule has 1 atom stereocenters. The van der Waals surface area contributed by atoms with Gasteiger partial charge in [-0.25, -0.2) is 0 Å². The van der Waals surface area contributed by atoms with E-state index in [0.29, 0.717) is 0 Å². The number of guanidine groups is 1. The third-order valence-electron chi connectivity index (χ3n) is 4.70. The number of nitrogens with one attached hydrogen (secondary N) is 1. The van der Waals surface area contributed by atoms with Gasteiger partial charge in [-0.15, -0.1) is 24.0 Å². The van der Waals surface area contributed by atoms with Crippen molar-refractivity contribution in [2.75, 3.05) is 26.2 Å². The lowest BCUT2D eigenvalue weighted by Crippen LogP contribution is -2.40. The van der Waals surface area contributed by atoms with E-state index in [0.717, 1.165) is 56.3 Å². The number of β-amino-alcohol motifs (C(OH)–C–C–N with tert-alkyl or cyclic N) is 1. The van der Waals surface area contributed by atoms with Crippen molar-refractivity contribution in [3.05, 3.63) is 0 Å². The highest BCUT2D eigenvalue weighted by Crippen LogP contribution is 2.49. The average Bonchev–Trinajstić information content (AvgIpc) is 3.29. The van der Waals surface area contributed by atoms with Crippen molar-refractivity contribution in [2.24, 2.45) is 22.7 Å². The molecule has 2 aliphatic carbocycles. The number of aliphatic hydroxyl groups is 1. The summed E-state index contributed by atoms with van der Waals surface area (Å²) in [5.74, 6) is 3.78. The van der Waals surface area contributed by atoms with E-state index in [1.165, 1.54) is 25.7 Å². The lowest BCUT2D eigenvalue weighted by atomic mass is 9.98. The molecule has 3 rings (SSSR count). The van der Waals surface area contributed by atoms with Crippen LogP contribution in [-0.2, 0) is 0 Å². The number of halogens is 1. The van der Waals surface area contributed by atoms with E-state index in [9.17, 15) is 5.11 Å². The van der Waals surface area contributed by atoms with E-state index in [1.807, 2.05) is 0 Å². The van der Waals surface area contributed by atoms with Crippen LogP contribution in [0.25, 0.3) is 0 Å². The molecule has 1 aliphatic heterocycles. The Labute approximate surface area is 139 Å². The quantitative estimate of drug-likeness (QED) is 0.427. The van der Waals surface area contributed by atoms with Gasteiger partial charge in [-0.2, -0.15) is 0 Å². The minimum absolute atomic E-state index is 0. The first-order valence-electron chi connectivity index (χ1n) is 7.99. The highest BCUT2D eigenvalue weighted by molar-refractivity contribution is 14.0. The van der Waals surface area contributed by atoms with Crippen molar-refractivity contribution >= 4 is 29.9 Å². The SMILES string of the molecule is CCNC(=NCC(C1CC1)C1CC1)N1CC[C@@H](O)C1.I. The van der Waals surface area contributed by atoms with Crippen molar-refractivity contribution < 1.29 is 5.11 Å². The van der Waals surface area contributed by atoms with E-state index in [2.05, 4.69) is 17.1 Å². The number of hydrogen-bond donors (Lipinski definition) is 2.